The van der Waals surface area contributed by atoms with Crippen molar-refractivity contribution in [2.75, 3.05) is 5.32 Å². The number of aryl methyl sites for hydroxylation is 1. The fraction of sp³-hybridized carbons (Fsp3) is 0.118. The molecule has 3 aromatic rings. The molecule has 0 aliphatic carbocycles. The third-order valence-corrected chi connectivity index (χ3v) is 3.54. The summed E-state index contributed by atoms with van der Waals surface area (Å²) in [7, 11) is 0. The number of aromatic nitrogens is 2. The van der Waals surface area contributed by atoms with Gasteiger partial charge in [0.05, 0.1) is 23.9 Å². The van der Waals surface area contributed by atoms with Crippen LogP contribution in [0.25, 0.3) is 10.9 Å². The van der Waals surface area contributed by atoms with Gasteiger partial charge < -0.3 is 5.32 Å². The van der Waals surface area contributed by atoms with Crippen LogP contribution in [0.15, 0.2) is 53.5 Å². The molecule has 0 saturated carbocycles. The van der Waals surface area contributed by atoms with E-state index < -0.39 is 17.5 Å². The molecule has 0 atom stereocenters. The quantitative estimate of drug-likeness (QED) is 0.800. The predicted octanol–water partition coefficient (Wildman–Crippen LogP) is 2.70. The summed E-state index contributed by atoms with van der Waals surface area (Å²) in [5.41, 5.74) is 0.195. The number of nitrogens with one attached hydrogen (secondary N) is 1. The molecule has 0 saturated heterocycles. The Morgan fingerprint density at radius 2 is 1.92 bits per heavy atom. The Balaban J connectivity index is 1.74. The van der Waals surface area contributed by atoms with E-state index in [2.05, 4.69) is 10.4 Å². The molecule has 0 fully saturated rings. The summed E-state index contributed by atoms with van der Waals surface area (Å²) in [4.78, 5) is 23.7. The first-order valence-electron chi connectivity index (χ1n) is 7.25. The third kappa shape index (κ3) is 3.15. The standard InChI is InChI=1S/C17H13F2N3O2/c18-12-5-3-6-13(17(12)19)21-16(24)8-9-22-14-7-2-1-4-11(14)15(23)10-20-22/h1-7,10H,8-9H2,(H,21,24). The minimum Gasteiger partial charge on any atom is -0.323 e. The molecule has 1 amide bonds. The van der Waals surface area contributed by atoms with E-state index in [-0.39, 0.29) is 24.1 Å². The van der Waals surface area contributed by atoms with E-state index in [0.717, 1.165) is 6.07 Å². The van der Waals surface area contributed by atoms with Crippen molar-refractivity contribution in [1.29, 1.82) is 0 Å². The first-order chi connectivity index (χ1) is 11.6. The molecule has 0 unspecified atom stereocenters. The van der Waals surface area contributed by atoms with Gasteiger partial charge in [-0.25, -0.2) is 8.78 Å². The van der Waals surface area contributed by atoms with E-state index in [1.54, 1.807) is 24.3 Å². The van der Waals surface area contributed by atoms with E-state index >= 15 is 0 Å². The Bertz CT molecular complexity index is 969. The van der Waals surface area contributed by atoms with Gasteiger partial charge in [-0.3, -0.25) is 14.3 Å². The van der Waals surface area contributed by atoms with Crippen LogP contribution in [0.3, 0.4) is 0 Å². The lowest BCUT2D eigenvalue weighted by Gasteiger charge is -2.10. The SMILES string of the molecule is O=C(CCn1ncc(=O)c2ccccc21)Nc1cccc(F)c1F. The van der Waals surface area contributed by atoms with Gasteiger partial charge >= 0.3 is 0 Å². The molecule has 0 aliphatic rings. The number of hydrogen-bond donors (Lipinski definition) is 1. The number of benzene rings is 2. The first kappa shape index (κ1) is 15.8. The first-order valence-corrected chi connectivity index (χ1v) is 7.25. The molecule has 0 aliphatic heterocycles. The van der Waals surface area contributed by atoms with Crippen LogP contribution >= 0.6 is 0 Å². The summed E-state index contributed by atoms with van der Waals surface area (Å²) in [6, 6.07) is 10.5. The van der Waals surface area contributed by atoms with Gasteiger partial charge in [-0.1, -0.05) is 18.2 Å². The second-order valence-electron chi connectivity index (χ2n) is 5.15. The number of carbonyl (C=O) groups is 1. The lowest BCUT2D eigenvalue weighted by Crippen LogP contribution is -2.18. The van der Waals surface area contributed by atoms with Gasteiger partial charge in [-0.15, -0.1) is 0 Å². The highest BCUT2D eigenvalue weighted by molar-refractivity contribution is 5.90. The average Bonchev–Trinajstić information content (AvgIpc) is 2.59. The van der Waals surface area contributed by atoms with Crippen molar-refractivity contribution < 1.29 is 13.6 Å². The third-order valence-electron chi connectivity index (χ3n) is 3.54. The minimum absolute atomic E-state index is 0.00415. The average molecular weight is 329 g/mol. The van der Waals surface area contributed by atoms with Crippen LogP contribution in [0.2, 0.25) is 0 Å². The van der Waals surface area contributed by atoms with E-state index in [0.29, 0.717) is 10.9 Å². The molecule has 0 spiro atoms. The molecule has 2 aromatic carbocycles. The highest BCUT2D eigenvalue weighted by Gasteiger charge is 2.11. The normalized spacial score (nSPS) is 10.8. The number of nitrogens with zero attached hydrogens (tertiary/aromatic N) is 2. The summed E-state index contributed by atoms with van der Waals surface area (Å²) < 4.78 is 28.2. The Hall–Kier alpha value is -3.09. The van der Waals surface area contributed by atoms with Crippen LogP contribution in [-0.2, 0) is 11.3 Å². The van der Waals surface area contributed by atoms with Crippen molar-refractivity contribution in [1.82, 2.24) is 9.78 Å². The molecule has 1 heterocycles. The molecular formula is C17H13F2N3O2. The Morgan fingerprint density at radius 1 is 1.12 bits per heavy atom. The van der Waals surface area contributed by atoms with Gasteiger partial charge in [0, 0.05) is 11.8 Å². The van der Waals surface area contributed by atoms with Crippen molar-refractivity contribution in [3.05, 3.63) is 70.5 Å². The lowest BCUT2D eigenvalue weighted by molar-refractivity contribution is -0.116. The second-order valence-corrected chi connectivity index (χ2v) is 5.15. The molecular weight excluding hydrogens is 316 g/mol. The van der Waals surface area contributed by atoms with Crippen LogP contribution in [0.1, 0.15) is 6.42 Å². The highest BCUT2D eigenvalue weighted by Crippen LogP contribution is 2.17. The summed E-state index contributed by atoms with van der Waals surface area (Å²) in [5, 5.41) is 6.83. The van der Waals surface area contributed by atoms with Gasteiger partial charge in [0.1, 0.15) is 0 Å². The number of anilines is 1. The summed E-state index contributed by atoms with van der Waals surface area (Å²) >= 11 is 0. The smallest absolute Gasteiger partial charge is 0.226 e. The molecule has 7 heteroatoms. The number of fused-ring (bicyclic) bond motifs is 1. The maximum Gasteiger partial charge on any atom is 0.226 e. The molecule has 24 heavy (non-hydrogen) atoms. The maximum absolute atomic E-state index is 13.5. The molecule has 5 nitrogen and oxygen atoms in total. The highest BCUT2D eigenvalue weighted by atomic mass is 19.2. The molecule has 0 radical (unpaired) electrons. The number of carbonyl (C=O) groups excluding carboxylic acids is 1. The zero-order chi connectivity index (χ0) is 17.1. The van der Waals surface area contributed by atoms with Crippen molar-refractivity contribution in [2.45, 2.75) is 13.0 Å². The van der Waals surface area contributed by atoms with Crippen molar-refractivity contribution in [2.24, 2.45) is 0 Å². The molecule has 0 bridgehead atoms. The van der Waals surface area contributed by atoms with E-state index in [9.17, 15) is 18.4 Å². The lowest BCUT2D eigenvalue weighted by atomic mass is 10.2. The predicted molar refractivity (Wildman–Crippen MR) is 85.6 cm³/mol. The zero-order valence-corrected chi connectivity index (χ0v) is 12.5. The maximum atomic E-state index is 13.5. The minimum atomic E-state index is -1.10. The van der Waals surface area contributed by atoms with Crippen molar-refractivity contribution in [3.8, 4) is 0 Å². The monoisotopic (exact) mass is 329 g/mol. The van der Waals surface area contributed by atoms with Crippen LogP contribution in [0, 0.1) is 11.6 Å². The molecule has 122 valence electrons. The Labute approximate surface area is 135 Å². The van der Waals surface area contributed by atoms with Gasteiger partial charge in [0.15, 0.2) is 11.6 Å². The molecule has 3 rings (SSSR count). The van der Waals surface area contributed by atoms with Gasteiger partial charge in [0.25, 0.3) is 0 Å². The fourth-order valence-corrected chi connectivity index (χ4v) is 2.36. The zero-order valence-electron chi connectivity index (χ0n) is 12.5. The fourth-order valence-electron chi connectivity index (χ4n) is 2.36. The van der Waals surface area contributed by atoms with Crippen LogP contribution in [0.5, 0.6) is 0 Å². The summed E-state index contributed by atoms with van der Waals surface area (Å²) in [5.74, 6) is -2.61. The van der Waals surface area contributed by atoms with E-state index in [4.69, 9.17) is 0 Å². The molecule has 1 N–H and O–H groups in total. The summed E-state index contributed by atoms with van der Waals surface area (Å²) in [6.07, 6.45) is 1.18. The number of halogens is 2. The number of para-hydroxylation sites is 1. The Morgan fingerprint density at radius 3 is 2.75 bits per heavy atom. The Kier molecular flexibility index (Phi) is 4.33. The van der Waals surface area contributed by atoms with Crippen LogP contribution < -0.4 is 10.7 Å². The molecule has 1 aromatic heterocycles. The van der Waals surface area contributed by atoms with E-state index in [1.807, 2.05) is 0 Å². The van der Waals surface area contributed by atoms with Gasteiger partial charge in [-0.05, 0) is 24.3 Å². The second kappa shape index (κ2) is 6.57. The number of amides is 1. The van der Waals surface area contributed by atoms with Gasteiger partial charge in [-0.2, -0.15) is 5.10 Å². The van der Waals surface area contributed by atoms with Crippen molar-refractivity contribution >= 4 is 22.5 Å². The summed E-state index contributed by atoms with van der Waals surface area (Å²) in [6.45, 7) is 0.198. The number of rotatable bonds is 4. The van der Waals surface area contributed by atoms with Crippen LogP contribution in [-0.4, -0.2) is 15.7 Å². The topological polar surface area (TPSA) is 64.0 Å². The largest absolute Gasteiger partial charge is 0.323 e. The van der Waals surface area contributed by atoms with Gasteiger partial charge in [0.2, 0.25) is 11.3 Å². The number of hydrogen-bond acceptors (Lipinski definition) is 3. The van der Waals surface area contributed by atoms with E-state index in [1.165, 1.54) is 23.0 Å². The van der Waals surface area contributed by atoms with Crippen molar-refractivity contribution in [3.63, 3.8) is 0 Å². The van der Waals surface area contributed by atoms with Crippen LogP contribution in [0.4, 0.5) is 14.5 Å².